The van der Waals surface area contributed by atoms with E-state index in [1.54, 1.807) is 16.6 Å². The molecule has 174 valence electrons. The van der Waals surface area contributed by atoms with E-state index in [4.69, 9.17) is 4.74 Å². The highest BCUT2D eigenvalue weighted by molar-refractivity contribution is 5.89. The molecule has 33 heavy (non-hydrogen) atoms. The van der Waals surface area contributed by atoms with Gasteiger partial charge in [-0.3, -0.25) is 14.2 Å². The van der Waals surface area contributed by atoms with Gasteiger partial charge in [0.05, 0.1) is 20.1 Å². The fourth-order valence-electron chi connectivity index (χ4n) is 5.35. The molecule has 1 unspecified atom stereocenters. The zero-order valence-corrected chi connectivity index (χ0v) is 19.0. The molecule has 0 aliphatic carbocycles. The molecule has 0 radical (unpaired) electrons. The highest BCUT2D eigenvalue weighted by Gasteiger charge is 2.39. The van der Waals surface area contributed by atoms with Crippen molar-refractivity contribution in [1.82, 2.24) is 19.3 Å². The van der Waals surface area contributed by atoms with E-state index in [1.165, 1.54) is 0 Å². The molecule has 0 bridgehead atoms. The van der Waals surface area contributed by atoms with Gasteiger partial charge in [0.2, 0.25) is 11.8 Å². The number of ether oxygens (including phenoxy) is 1. The molecule has 5 rings (SSSR count). The molecule has 2 fully saturated rings. The van der Waals surface area contributed by atoms with Gasteiger partial charge in [-0.2, -0.15) is 0 Å². The van der Waals surface area contributed by atoms with Crippen LogP contribution in [0.5, 0.6) is 5.75 Å². The van der Waals surface area contributed by atoms with Gasteiger partial charge in [0.25, 0.3) is 0 Å². The quantitative estimate of drug-likeness (QED) is 0.702. The molecule has 0 spiro atoms. The zero-order chi connectivity index (χ0) is 22.9. The van der Waals surface area contributed by atoms with Crippen molar-refractivity contribution in [3.63, 3.8) is 0 Å². The predicted octanol–water partition coefficient (Wildman–Crippen LogP) is 2.51. The fraction of sp³-hybridized carbons (Fsp3) is 0.480. The van der Waals surface area contributed by atoms with Gasteiger partial charge in [-0.15, -0.1) is 0 Å². The predicted molar refractivity (Wildman–Crippen MR) is 122 cm³/mol. The van der Waals surface area contributed by atoms with Gasteiger partial charge in [0.1, 0.15) is 11.8 Å². The summed E-state index contributed by atoms with van der Waals surface area (Å²) in [6, 6.07) is 11.2. The summed E-state index contributed by atoms with van der Waals surface area (Å²) < 4.78 is 6.89. The van der Waals surface area contributed by atoms with Gasteiger partial charge in [-0.25, -0.2) is 4.79 Å². The van der Waals surface area contributed by atoms with Crippen LogP contribution in [0.2, 0.25) is 0 Å². The lowest BCUT2D eigenvalue weighted by atomic mass is 10.0. The van der Waals surface area contributed by atoms with Crippen molar-refractivity contribution in [3.8, 4) is 5.75 Å². The number of hydrogen-bond acceptors (Lipinski definition) is 4. The number of aromatic nitrogens is 1. The Hall–Kier alpha value is -3.29. The molecular formula is C25H30N4O4. The number of benzene rings is 1. The van der Waals surface area contributed by atoms with Crippen LogP contribution in [0.4, 0.5) is 4.79 Å². The third kappa shape index (κ3) is 4.10. The minimum Gasteiger partial charge on any atom is -0.497 e. The highest BCUT2D eigenvalue weighted by atomic mass is 16.5. The average Bonchev–Trinajstić information content (AvgIpc) is 3.57. The van der Waals surface area contributed by atoms with Gasteiger partial charge in [0, 0.05) is 37.6 Å². The number of methoxy groups -OCH3 is 1. The maximum Gasteiger partial charge on any atom is 0.329 e. The number of carbonyl (C=O) groups excluding carboxylic acids is 3. The van der Waals surface area contributed by atoms with Crippen LogP contribution in [0.15, 0.2) is 42.6 Å². The van der Waals surface area contributed by atoms with Crippen LogP contribution in [-0.4, -0.2) is 75.9 Å². The number of carbonyl (C=O) groups is 3. The average molecular weight is 451 g/mol. The lowest BCUT2D eigenvalue weighted by molar-refractivity contribution is -0.144. The van der Waals surface area contributed by atoms with Crippen LogP contribution in [0.3, 0.4) is 0 Å². The van der Waals surface area contributed by atoms with E-state index in [9.17, 15) is 14.4 Å². The van der Waals surface area contributed by atoms with Crippen LogP contribution in [0.1, 0.15) is 36.9 Å². The van der Waals surface area contributed by atoms with Crippen LogP contribution in [0, 0.1) is 0 Å². The number of piperidine rings is 1. The van der Waals surface area contributed by atoms with Crippen LogP contribution in [-0.2, 0) is 22.6 Å². The van der Waals surface area contributed by atoms with Gasteiger partial charge >= 0.3 is 6.03 Å². The third-order valence-electron chi connectivity index (χ3n) is 7.21. The molecule has 0 saturated carbocycles. The fourth-order valence-corrected chi connectivity index (χ4v) is 5.35. The molecule has 3 amide bonds. The van der Waals surface area contributed by atoms with Crippen LogP contribution >= 0.6 is 0 Å². The minimum atomic E-state index is -0.374. The SMILES string of the molecule is COc1ccc(CC(=O)N2CCCC2C(=O)N2CCC(N3Cc4cccn4C3=O)CC2)cc1. The Bertz CT molecular complexity index is 1040. The number of rotatable bonds is 5. The molecule has 0 N–H and O–H groups in total. The number of nitrogens with zero attached hydrogens (tertiary/aromatic N) is 4. The summed E-state index contributed by atoms with van der Waals surface area (Å²) in [5.41, 5.74) is 1.94. The van der Waals surface area contributed by atoms with E-state index in [0.29, 0.717) is 32.6 Å². The first-order valence-electron chi connectivity index (χ1n) is 11.7. The van der Waals surface area contributed by atoms with Gasteiger partial charge < -0.3 is 19.4 Å². The molecule has 1 atom stereocenters. The van der Waals surface area contributed by atoms with Gasteiger partial charge in [-0.05, 0) is 55.5 Å². The van der Waals surface area contributed by atoms with Crippen molar-refractivity contribution in [3.05, 3.63) is 53.9 Å². The van der Waals surface area contributed by atoms with Gasteiger partial charge in [0.15, 0.2) is 0 Å². The lowest BCUT2D eigenvalue weighted by Crippen LogP contribution is -2.52. The minimum absolute atomic E-state index is 0.00418. The Kier molecular flexibility index (Phi) is 5.83. The first-order valence-corrected chi connectivity index (χ1v) is 11.7. The number of amides is 3. The van der Waals surface area contributed by atoms with E-state index in [2.05, 4.69) is 0 Å². The first kappa shape index (κ1) is 21.6. The van der Waals surface area contributed by atoms with Crippen molar-refractivity contribution >= 4 is 17.8 Å². The van der Waals surface area contributed by atoms with Crippen LogP contribution in [0.25, 0.3) is 0 Å². The molecule has 1 aromatic carbocycles. The zero-order valence-electron chi connectivity index (χ0n) is 19.0. The number of likely N-dealkylation sites (tertiary alicyclic amines) is 2. The van der Waals surface area contributed by atoms with E-state index >= 15 is 0 Å². The van der Waals surface area contributed by atoms with Crippen molar-refractivity contribution in [2.24, 2.45) is 0 Å². The Morgan fingerprint density at radius 2 is 1.79 bits per heavy atom. The second-order valence-corrected chi connectivity index (χ2v) is 9.11. The first-order chi connectivity index (χ1) is 16.0. The van der Waals surface area contributed by atoms with Crippen molar-refractivity contribution in [1.29, 1.82) is 0 Å². The summed E-state index contributed by atoms with van der Waals surface area (Å²) in [7, 11) is 1.62. The maximum atomic E-state index is 13.3. The largest absolute Gasteiger partial charge is 0.497 e. The summed E-state index contributed by atoms with van der Waals surface area (Å²) in [6.07, 6.45) is 5.21. The molecule has 3 aliphatic heterocycles. The summed E-state index contributed by atoms with van der Waals surface area (Å²) in [5, 5.41) is 0. The second kappa shape index (κ2) is 8.92. The Balaban J connectivity index is 1.17. The van der Waals surface area contributed by atoms with Crippen molar-refractivity contribution < 1.29 is 19.1 Å². The van der Waals surface area contributed by atoms with E-state index in [1.807, 2.05) is 52.4 Å². The standard InChI is InChI=1S/C25H30N4O4/c1-33-21-8-6-18(7-9-21)16-23(30)28-13-3-5-22(28)24(31)26-14-10-19(11-15-26)29-17-20-4-2-12-27(20)25(29)32/h2,4,6-9,12,19,22H,3,5,10-11,13-17H2,1H3. The smallest absolute Gasteiger partial charge is 0.329 e. The number of fused-ring (bicyclic) bond motifs is 1. The van der Waals surface area contributed by atoms with Gasteiger partial charge in [-0.1, -0.05) is 12.1 Å². The van der Waals surface area contributed by atoms with E-state index in [-0.39, 0.29) is 36.3 Å². The summed E-state index contributed by atoms with van der Waals surface area (Å²) >= 11 is 0. The van der Waals surface area contributed by atoms with Crippen molar-refractivity contribution in [2.75, 3.05) is 26.7 Å². The summed E-state index contributed by atoms with van der Waals surface area (Å²) in [4.78, 5) is 44.5. The highest BCUT2D eigenvalue weighted by Crippen LogP contribution is 2.27. The molecule has 8 nitrogen and oxygen atoms in total. The summed E-state index contributed by atoms with van der Waals surface area (Å²) in [5.74, 6) is 0.802. The van der Waals surface area contributed by atoms with E-state index < -0.39 is 0 Å². The Morgan fingerprint density at radius 3 is 2.48 bits per heavy atom. The molecular weight excluding hydrogens is 420 g/mol. The van der Waals surface area contributed by atoms with E-state index in [0.717, 1.165) is 36.3 Å². The maximum absolute atomic E-state index is 13.3. The Labute approximate surface area is 193 Å². The summed E-state index contributed by atoms with van der Waals surface area (Å²) in [6.45, 7) is 2.52. The molecule has 4 heterocycles. The molecule has 2 aromatic rings. The topological polar surface area (TPSA) is 75.1 Å². The lowest BCUT2D eigenvalue weighted by Gasteiger charge is -2.38. The monoisotopic (exact) mass is 450 g/mol. The molecule has 3 aliphatic rings. The molecule has 2 saturated heterocycles. The molecule has 1 aromatic heterocycles. The molecule has 8 heteroatoms. The van der Waals surface area contributed by atoms with Crippen molar-refractivity contribution in [2.45, 2.75) is 50.7 Å². The number of hydrogen-bond donors (Lipinski definition) is 0. The van der Waals surface area contributed by atoms with Crippen LogP contribution < -0.4 is 4.74 Å². The Morgan fingerprint density at radius 1 is 1.03 bits per heavy atom. The normalized spacial score (nSPS) is 20.9. The third-order valence-corrected chi connectivity index (χ3v) is 7.21. The second-order valence-electron chi connectivity index (χ2n) is 9.11.